The number of carboxylic acid groups (broad SMARTS) is 1. The van der Waals surface area contributed by atoms with E-state index < -0.39 is 5.97 Å². The number of carbonyl (C=O) groups is 1. The predicted molar refractivity (Wildman–Crippen MR) is 57.1 cm³/mol. The van der Waals surface area contributed by atoms with Gasteiger partial charge in [0.25, 0.3) is 0 Å². The van der Waals surface area contributed by atoms with Crippen molar-refractivity contribution in [3.63, 3.8) is 0 Å². The largest absolute Gasteiger partial charge is 0.477 e. The zero-order valence-corrected chi connectivity index (χ0v) is 9.21. The molecule has 0 aliphatic heterocycles. The van der Waals surface area contributed by atoms with Gasteiger partial charge in [-0.1, -0.05) is 0 Å². The molecule has 2 aromatic heterocycles. The summed E-state index contributed by atoms with van der Waals surface area (Å²) in [6.07, 6.45) is 3.10. The predicted octanol–water partition coefficient (Wildman–Crippen LogP) is -0.474. The molecule has 8 nitrogen and oxygen atoms in total. The number of nitrogens with one attached hydrogen (secondary N) is 2. The summed E-state index contributed by atoms with van der Waals surface area (Å²) in [5.74, 6) is -0.358. The Morgan fingerprint density at radius 1 is 1.59 bits per heavy atom. The first-order valence-electron chi connectivity index (χ1n) is 4.97. The molecule has 0 atom stereocenters. The minimum absolute atomic E-state index is 0.103. The molecule has 0 aromatic carbocycles. The third-order valence-electron chi connectivity index (χ3n) is 2.18. The van der Waals surface area contributed by atoms with Crippen molar-refractivity contribution in [2.24, 2.45) is 7.05 Å². The second-order valence-electron chi connectivity index (χ2n) is 3.51. The van der Waals surface area contributed by atoms with E-state index in [1.54, 1.807) is 18.1 Å². The van der Waals surface area contributed by atoms with Crippen LogP contribution in [0.1, 0.15) is 21.9 Å². The summed E-state index contributed by atoms with van der Waals surface area (Å²) >= 11 is 0. The number of hydrogen-bond acceptors (Lipinski definition) is 5. The summed E-state index contributed by atoms with van der Waals surface area (Å²) < 4.78 is 1.61. The van der Waals surface area contributed by atoms with Crippen LogP contribution in [0.25, 0.3) is 0 Å². The molecule has 0 saturated heterocycles. The molecule has 0 amide bonds. The fourth-order valence-electron chi connectivity index (χ4n) is 1.40. The summed E-state index contributed by atoms with van der Waals surface area (Å²) in [5, 5.41) is 22.1. The fourth-order valence-corrected chi connectivity index (χ4v) is 1.40. The Kier molecular flexibility index (Phi) is 3.15. The van der Waals surface area contributed by atoms with Crippen LogP contribution in [0.5, 0.6) is 0 Å². The first-order valence-corrected chi connectivity index (χ1v) is 4.97. The van der Waals surface area contributed by atoms with Gasteiger partial charge in [-0.25, -0.2) is 9.78 Å². The van der Waals surface area contributed by atoms with E-state index in [1.165, 1.54) is 6.20 Å². The molecular weight excluding hydrogens is 224 g/mol. The second kappa shape index (κ2) is 4.74. The molecule has 0 radical (unpaired) electrons. The van der Waals surface area contributed by atoms with Crippen molar-refractivity contribution >= 4 is 5.97 Å². The molecule has 17 heavy (non-hydrogen) atoms. The van der Waals surface area contributed by atoms with Gasteiger partial charge in [-0.05, 0) is 0 Å². The SMILES string of the molecule is Cn1cnc(CNCc2cn[nH]c2C(=O)O)n1. The molecule has 2 rings (SSSR count). The van der Waals surface area contributed by atoms with E-state index >= 15 is 0 Å². The molecule has 90 valence electrons. The maximum absolute atomic E-state index is 10.8. The molecule has 0 fully saturated rings. The molecule has 8 heteroatoms. The number of nitrogens with zero attached hydrogens (tertiary/aromatic N) is 4. The molecule has 0 aliphatic carbocycles. The maximum atomic E-state index is 10.8. The highest BCUT2D eigenvalue weighted by molar-refractivity contribution is 5.86. The normalized spacial score (nSPS) is 10.6. The summed E-state index contributed by atoms with van der Waals surface area (Å²) in [7, 11) is 1.79. The summed E-state index contributed by atoms with van der Waals surface area (Å²) in [6.45, 7) is 0.876. The maximum Gasteiger partial charge on any atom is 0.354 e. The van der Waals surface area contributed by atoms with E-state index in [0.717, 1.165) is 0 Å². The molecule has 0 unspecified atom stereocenters. The standard InChI is InChI=1S/C9H12N6O2/c1-15-5-11-7(14-15)4-10-2-6-3-12-13-8(6)9(16)17/h3,5,10H,2,4H2,1H3,(H,12,13)(H,16,17). The molecule has 0 spiro atoms. The molecule has 0 saturated carbocycles. The fraction of sp³-hybridized carbons (Fsp3) is 0.333. The Hall–Kier alpha value is -2.22. The van der Waals surface area contributed by atoms with Crippen LogP contribution in [0.2, 0.25) is 0 Å². The number of H-pyrrole nitrogens is 1. The zero-order chi connectivity index (χ0) is 12.3. The van der Waals surface area contributed by atoms with E-state index in [2.05, 4.69) is 25.6 Å². The lowest BCUT2D eigenvalue weighted by Gasteiger charge is -2.00. The van der Waals surface area contributed by atoms with Crippen molar-refractivity contribution in [2.75, 3.05) is 0 Å². The second-order valence-corrected chi connectivity index (χ2v) is 3.51. The number of rotatable bonds is 5. The van der Waals surface area contributed by atoms with Crippen LogP contribution < -0.4 is 5.32 Å². The van der Waals surface area contributed by atoms with Gasteiger partial charge in [0.05, 0.1) is 12.7 Å². The van der Waals surface area contributed by atoms with Crippen molar-refractivity contribution < 1.29 is 9.90 Å². The highest BCUT2D eigenvalue weighted by Gasteiger charge is 2.11. The third kappa shape index (κ3) is 2.67. The van der Waals surface area contributed by atoms with Gasteiger partial charge in [-0.3, -0.25) is 9.78 Å². The smallest absolute Gasteiger partial charge is 0.354 e. The Labute approximate surface area is 96.7 Å². The Balaban J connectivity index is 1.90. The van der Waals surface area contributed by atoms with Crippen LogP contribution in [0.4, 0.5) is 0 Å². The Morgan fingerprint density at radius 3 is 3.06 bits per heavy atom. The molecular formula is C9H12N6O2. The lowest BCUT2D eigenvalue weighted by atomic mass is 10.2. The number of aromatic amines is 1. The number of hydrogen-bond donors (Lipinski definition) is 3. The minimum Gasteiger partial charge on any atom is -0.477 e. The van der Waals surface area contributed by atoms with Crippen LogP contribution in [0, 0.1) is 0 Å². The van der Waals surface area contributed by atoms with Crippen LogP contribution >= 0.6 is 0 Å². The van der Waals surface area contributed by atoms with Crippen molar-refractivity contribution in [1.29, 1.82) is 0 Å². The van der Waals surface area contributed by atoms with E-state index in [4.69, 9.17) is 5.11 Å². The summed E-state index contributed by atoms with van der Waals surface area (Å²) in [5.41, 5.74) is 0.708. The van der Waals surface area contributed by atoms with Crippen molar-refractivity contribution in [1.82, 2.24) is 30.3 Å². The molecule has 0 bridgehead atoms. The quantitative estimate of drug-likeness (QED) is 0.647. The van der Waals surface area contributed by atoms with Gasteiger partial charge in [0.15, 0.2) is 5.82 Å². The summed E-state index contributed by atoms with van der Waals surface area (Å²) in [6, 6.07) is 0. The average Bonchev–Trinajstić information content (AvgIpc) is 2.87. The number of aromatic nitrogens is 5. The van der Waals surface area contributed by atoms with E-state index in [9.17, 15) is 4.79 Å². The Morgan fingerprint density at radius 2 is 2.41 bits per heavy atom. The van der Waals surface area contributed by atoms with Gasteiger partial charge in [0.2, 0.25) is 0 Å². The first kappa shape index (κ1) is 11.3. The minimum atomic E-state index is -1.02. The number of aromatic carboxylic acids is 1. The van der Waals surface area contributed by atoms with Crippen LogP contribution in [-0.4, -0.2) is 36.0 Å². The number of aryl methyl sites for hydroxylation is 1. The van der Waals surface area contributed by atoms with Gasteiger partial charge in [-0.2, -0.15) is 10.2 Å². The van der Waals surface area contributed by atoms with Gasteiger partial charge >= 0.3 is 5.97 Å². The average molecular weight is 236 g/mol. The summed E-state index contributed by atoms with van der Waals surface area (Å²) in [4.78, 5) is 14.8. The lowest BCUT2D eigenvalue weighted by Crippen LogP contribution is -2.15. The highest BCUT2D eigenvalue weighted by Crippen LogP contribution is 2.04. The lowest BCUT2D eigenvalue weighted by molar-refractivity contribution is 0.0689. The van der Waals surface area contributed by atoms with Gasteiger partial charge in [-0.15, -0.1) is 0 Å². The third-order valence-corrected chi connectivity index (χ3v) is 2.18. The molecule has 2 aromatic rings. The molecule has 2 heterocycles. The van der Waals surface area contributed by atoms with Crippen LogP contribution in [0.3, 0.4) is 0 Å². The Bertz CT molecular complexity index is 517. The van der Waals surface area contributed by atoms with Crippen molar-refractivity contribution in [2.45, 2.75) is 13.1 Å². The highest BCUT2D eigenvalue weighted by atomic mass is 16.4. The van der Waals surface area contributed by atoms with E-state index in [0.29, 0.717) is 24.5 Å². The van der Waals surface area contributed by atoms with Crippen molar-refractivity contribution in [3.05, 3.63) is 29.6 Å². The van der Waals surface area contributed by atoms with E-state index in [-0.39, 0.29) is 5.69 Å². The van der Waals surface area contributed by atoms with Crippen molar-refractivity contribution in [3.8, 4) is 0 Å². The van der Waals surface area contributed by atoms with Crippen LogP contribution in [0.15, 0.2) is 12.5 Å². The molecule has 0 aliphatic rings. The first-order chi connectivity index (χ1) is 8.16. The van der Waals surface area contributed by atoms with E-state index in [1.807, 2.05) is 0 Å². The van der Waals surface area contributed by atoms with Gasteiger partial charge < -0.3 is 10.4 Å². The monoisotopic (exact) mass is 236 g/mol. The molecule has 3 N–H and O–H groups in total. The van der Waals surface area contributed by atoms with Gasteiger partial charge in [0, 0.05) is 19.2 Å². The van der Waals surface area contributed by atoms with Gasteiger partial charge in [0.1, 0.15) is 12.0 Å². The zero-order valence-electron chi connectivity index (χ0n) is 9.21. The topological polar surface area (TPSA) is 109 Å². The number of carboxylic acids is 1. The van der Waals surface area contributed by atoms with Crippen LogP contribution in [-0.2, 0) is 20.1 Å².